The Hall–Kier alpha value is -2.18. The van der Waals surface area contributed by atoms with E-state index < -0.39 is 9.84 Å². The highest BCUT2D eigenvalue weighted by Crippen LogP contribution is 2.22. The zero-order valence-electron chi connectivity index (χ0n) is 17.4. The number of nitrogens with zero attached hydrogens (tertiary/aromatic N) is 1. The number of hydrogen-bond donors (Lipinski definition) is 1. The minimum Gasteiger partial charge on any atom is -0.349 e. The first kappa shape index (κ1) is 21.5. The van der Waals surface area contributed by atoms with Gasteiger partial charge >= 0.3 is 0 Å². The lowest BCUT2D eigenvalue weighted by Gasteiger charge is -2.32. The van der Waals surface area contributed by atoms with Crippen LogP contribution in [0.1, 0.15) is 42.5 Å². The smallest absolute Gasteiger partial charge is 0.223 e. The summed E-state index contributed by atoms with van der Waals surface area (Å²) < 4.78 is 23.2. The van der Waals surface area contributed by atoms with Crippen molar-refractivity contribution in [2.75, 3.05) is 19.3 Å². The van der Waals surface area contributed by atoms with E-state index >= 15 is 0 Å². The molecule has 1 heterocycles. The van der Waals surface area contributed by atoms with Crippen LogP contribution >= 0.6 is 0 Å². The van der Waals surface area contributed by atoms with Gasteiger partial charge in [-0.1, -0.05) is 42.0 Å². The molecule has 29 heavy (non-hydrogen) atoms. The summed E-state index contributed by atoms with van der Waals surface area (Å²) in [5.41, 5.74) is 3.48. The Balaban J connectivity index is 1.49. The molecule has 1 unspecified atom stereocenters. The molecular weight excluding hydrogens is 384 g/mol. The summed E-state index contributed by atoms with van der Waals surface area (Å²) in [6, 6.07) is 15.2. The Kier molecular flexibility index (Phi) is 6.75. The lowest BCUT2D eigenvalue weighted by molar-refractivity contribution is -0.127. The summed E-state index contributed by atoms with van der Waals surface area (Å²) >= 11 is 0. The molecule has 1 aliphatic rings. The van der Waals surface area contributed by atoms with Crippen molar-refractivity contribution in [3.05, 3.63) is 65.2 Å². The van der Waals surface area contributed by atoms with E-state index in [2.05, 4.69) is 41.4 Å². The van der Waals surface area contributed by atoms with Crippen LogP contribution in [0.15, 0.2) is 53.4 Å². The molecule has 0 radical (unpaired) electrons. The van der Waals surface area contributed by atoms with Crippen LogP contribution in [0.25, 0.3) is 0 Å². The molecule has 1 amide bonds. The number of carbonyl (C=O) groups excluding carboxylic acids is 1. The van der Waals surface area contributed by atoms with Gasteiger partial charge in [-0.2, -0.15) is 0 Å². The summed E-state index contributed by atoms with van der Waals surface area (Å²) in [5.74, 6) is 0.113. The van der Waals surface area contributed by atoms with Crippen LogP contribution in [0.5, 0.6) is 0 Å². The van der Waals surface area contributed by atoms with E-state index in [9.17, 15) is 13.2 Å². The molecule has 1 atom stereocenters. The highest BCUT2D eigenvalue weighted by Gasteiger charge is 2.26. The normalized spacial score (nSPS) is 17.1. The number of aryl methyl sites for hydroxylation is 1. The number of benzene rings is 2. The van der Waals surface area contributed by atoms with Gasteiger partial charge < -0.3 is 5.32 Å². The molecule has 0 bridgehead atoms. The maximum Gasteiger partial charge on any atom is 0.223 e. The Morgan fingerprint density at radius 2 is 1.66 bits per heavy atom. The average molecular weight is 415 g/mol. The van der Waals surface area contributed by atoms with E-state index in [-0.39, 0.29) is 17.9 Å². The fourth-order valence-electron chi connectivity index (χ4n) is 3.72. The number of nitrogens with one attached hydrogen (secondary N) is 1. The second-order valence-electron chi connectivity index (χ2n) is 8.11. The fourth-order valence-corrected chi connectivity index (χ4v) is 4.35. The maximum absolute atomic E-state index is 12.7. The van der Waals surface area contributed by atoms with Gasteiger partial charge in [-0.05, 0) is 63.0 Å². The van der Waals surface area contributed by atoms with E-state index in [0.29, 0.717) is 4.90 Å². The SMILES string of the molecule is Cc1ccc(CN2CCC(C(=O)NC(C)c3ccc(S(C)(=O)=O)cc3)CC2)cc1. The monoisotopic (exact) mass is 414 g/mol. The highest BCUT2D eigenvalue weighted by molar-refractivity contribution is 7.90. The molecule has 6 heteroatoms. The second kappa shape index (κ2) is 9.09. The summed E-state index contributed by atoms with van der Waals surface area (Å²) in [7, 11) is -3.21. The molecule has 0 spiro atoms. The summed E-state index contributed by atoms with van der Waals surface area (Å²) in [6.45, 7) is 6.79. The van der Waals surface area contributed by atoms with Crippen LogP contribution in [0.4, 0.5) is 0 Å². The van der Waals surface area contributed by atoms with Gasteiger partial charge in [0, 0.05) is 18.7 Å². The van der Waals surface area contributed by atoms with E-state index in [1.165, 1.54) is 17.4 Å². The van der Waals surface area contributed by atoms with Crippen molar-refractivity contribution in [3.63, 3.8) is 0 Å². The molecule has 2 aromatic rings. The fraction of sp³-hybridized carbons (Fsp3) is 0.435. The van der Waals surface area contributed by atoms with Crippen molar-refractivity contribution >= 4 is 15.7 Å². The number of rotatable bonds is 6. The predicted octanol–water partition coefficient (Wildman–Crippen LogP) is 3.49. The molecule has 156 valence electrons. The molecule has 3 rings (SSSR count). The van der Waals surface area contributed by atoms with Gasteiger partial charge in [-0.3, -0.25) is 9.69 Å². The third kappa shape index (κ3) is 5.90. The first-order valence-electron chi connectivity index (χ1n) is 10.1. The van der Waals surface area contributed by atoms with Gasteiger partial charge in [-0.25, -0.2) is 8.42 Å². The van der Waals surface area contributed by atoms with Crippen molar-refractivity contribution in [2.45, 2.75) is 44.2 Å². The predicted molar refractivity (Wildman–Crippen MR) is 115 cm³/mol. The first-order chi connectivity index (χ1) is 13.7. The molecule has 0 aliphatic carbocycles. The molecule has 1 fully saturated rings. The Bertz CT molecular complexity index is 929. The van der Waals surface area contributed by atoms with E-state index in [4.69, 9.17) is 0 Å². The number of amides is 1. The minimum absolute atomic E-state index is 0.0296. The van der Waals surface area contributed by atoms with Crippen LogP contribution in [-0.4, -0.2) is 38.6 Å². The van der Waals surface area contributed by atoms with Gasteiger partial charge in [0.2, 0.25) is 5.91 Å². The third-order valence-electron chi connectivity index (χ3n) is 5.65. The quantitative estimate of drug-likeness (QED) is 0.786. The van der Waals surface area contributed by atoms with Crippen LogP contribution in [0, 0.1) is 12.8 Å². The van der Waals surface area contributed by atoms with Gasteiger partial charge in [-0.15, -0.1) is 0 Å². The molecule has 2 aromatic carbocycles. The largest absolute Gasteiger partial charge is 0.349 e. The average Bonchev–Trinajstić information content (AvgIpc) is 2.69. The van der Waals surface area contributed by atoms with Crippen LogP contribution in [0.2, 0.25) is 0 Å². The summed E-state index contributed by atoms with van der Waals surface area (Å²) in [6.07, 6.45) is 2.91. The molecule has 0 aromatic heterocycles. The second-order valence-corrected chi connectivity index (χ2v) is 10.1. The summed E-state index contributed by atoms with van der Waals surface area (Å²) in [4.78, 5) is 15.4. The Labute approximate surface area is 174 Å². The lowest BCUT2D eigenvalue weighted by Crippen LogP contribution is -2.40. The van der Waals surface area contributed by atoms with Gasteiger partial charge in [0.05, 0.1) is 10.9 Å². The Morgan fingerprint density at radius 3 is 2.21 bits per heavy atom. The molecule has 1 saturated heterocycles. The molecule has 5 nitrogen and oxygen atoms in total. The zero-order chi connectivity index (χ0) is 21.0. The van der Waals surface area contributed by atoms with Gasteiger partial charge in [0.15, 0.2) is 9.84 Å². The van der Waals surface area contributed by atoms with Crippen molar-refractivity contribution in [2.24, 2.45) is 5.92 Å². The zero-order valence-corrected chi connectivity index (χ0v) is 18.2. The molecule has 0 saturated carbocycles. The summed E-state index contributed by atoms with van der Waals surface area (Å²) in [5, 5.41) is 3.09. The Morgan fingerprint density at radius 1 is 1.07 bits per heavy atom. The third-order valence-corrected chi connectivity index (χ3v) is 6.78. The maximum atomic E-state index is 12.7. The van der Waals surface area contributed by atoms with E-state index in [1.807, 2.05) is 6.92 Å². The van der Waals surface area contributed by atoms with Crippen molar-refractivity contribution < 1.29 is 13.2 Å². The van der Waals surface area contributed by atoms with Crippen molar-refractivity contribution in [1.29, 1.82) is 0 Å². The van der Waals surface area contributed by atoms with Crippen LogP contribution < -0.4 is 5.32 Å². The number of likely N-dealkylation sites (tertiary alicyclic amines) is 1. The van der Waals surface area contributed by atoms with E-state index in [0.717, 1.165) is 38.0 Å². The number of hydrogen-bond acceptors (Lipinski definition) is 4. The molecule has 1 N–H and O–H groups in total. The minimum atomic E-state index is -3.21. The number of piperidine rings is 1. The van der Waals surface area contributed by atoms with Crippen LogP contribution in [-0.2, 0) is 21.2 Å². The lowest BCUT2D eigenvalue weighted by atomic mass is 9.94. The van der Waals surface area contributed by atoms with Crippen LogP contribution in [0.3, 0.4) is 0 Å². The standard InChI is InChI=1S/C23H30N2O3S/c1-17-4-6-19(7-5-17)16-25-14-12-21(13-15-25)23(26)24-18(2)20-8-10-22(11-9-20)29(3,27)28/h4-11,18,21H,12-16H2,1-3H3,(H,24,26). The van der Waals surface area contributed by atoms with Crippen molar-refractivity contribution in [1.82, 2.24) is 10.2 Å². The van der Waals surface area contributed by atoms with Gasteiger partial charge in [0.1, 0.15) is 0 Å². The highest BCUT2D eigenvalue weighted by atomic mass is 32.2. The van der Waals surface area contributed by atoms with Crippen molar-refractivity contribution in [3.8, 4) is 0 Å². The first-order valence-corrected chi connectivity index (χ1v) is 12.0. The topological polar surface area (TPSA) is 66.5 Å². The number of sulfone groups is 1. The van der Waals surface area contributed by atoms with Gasteiger partial charge in [0.25, 0.3) is 0 Å². The molecular formula is C23H30N2O3S. The molecule has 1 aliphatic heterocycles. The van der Waals surface area contributed by atoms with E-state index in [1.54, 1.807) is 24.3 Å². The number of carbonyl (C=O) groups is 1.